The molecule has 0 bridgehead atoms. The van der Waals surface area contributed by atoms with Crippen LogP contribution in [-0.4, -0.2) is 52.4 Å². The molecular weight excluding hydrogens is 422 g/mol. The van der Waals surface area contributed by atoms with Gasteiger partial charge >= 0.3 is 17.9 Å². The van der Waals surface area contributed by atoms with Crippen LogP contribution in [0.25, 0.3) is 11.1 Å². The van der Waals surface area contributed by atoms with Crippen molar-refractivity contribution in [3.8, 4) is 16.9 Å². The third-order valence-corrected chi connectivity index (χ3v) is 5.64. The molecule has 0 N–H and O–H groups in total. The maximum atomic E-state index is 11.7. The normalized spacial score (nSPS) is 22.8. The first-order valence-corrected chi connectivity index (χ1v) is 10.7. The Balaban J connectivity index is 1.80. The lowest BCUT2D eigenvalue weighted by Gasteiger charge is -2.39. The van der Waals surface area contributed by atoms with Crippen LogP contribution in [0.1, 0.15) is 20.8 Å². The molecule has 0 unspecified atom stereocenters. The molecule has 8 nitrogen and oxygen atoms in total. The minimum Gasteiger partial charge on any atom is -0.476 e. The topological polar surface area (TPSA) is 101 Å². The predicted octanol–water partition coefficient (Wildman–Crippen LogP) is 3.00. The van der Waals surface area contributed by atoms with Crippen LogP contribution < -0.4 is 4.74 Å². The van der Waals surface area contributed by atoms with Crippen LogP contribution in [0.15, 0.2) is 48.8 Å². The summed E-state index contributed by atoms with van der Waals surface area (Å²) < 4.78 is 22.2. The molecule has 164 valence electrons. The zero-order valence-electron chi connectivity index (χ0n) is 17.3. The van der Waals surface area contributed by atoms with Crippen LogP contribution in [0.3, 0.4) is 0 Å². The number of carbonyl (C=O) groups excluding carboxylic acids is 3. The number of hydrogen-bond donors (Lipinski definition) is 0. The van der Waals surface area contributed by atoms with E-state index in [9.17, 15) is 14.4 Å². The average molecular weight is 445 g/mol. The van der Waals surface area contributed by atoms with Gasteiger partial charge < -0.3 is 18.9 Å². The van der Waals surface area contributed by atoms with E-state index in [1.807, 2.05) is 24.3 Å². The Morgan fingerprint density at radius 3 is 1.94 bits per heavy atom. The molecule has 1 aliphatic heterocycles. The summed E-state index contributed by atoms with van der Waals surface area (Å²) in [5.74, 6) is -0.787. The number of carbonyl (C=O) groups is 3. The van der Waals surface area contributed by atoms with E-state index in [1.54, 1.807) is 24.5 Å². The van der Waals surface area contributed by atoms with Gasteiger partial charge in [-0.1, -0.05) is 12.1 Å². The average Bonchev–Trinajstić information content (AvgIpc) is 2.72. The summed E-state index contributed by atoms with van der Waals surface area (Å²) in [6, 6.07) is 11.2. The molecule has 0 radical (unpaired) electrons. The van der Waals surface area contributed by atoms with Gasteiger partial charge in [-0.25, -0.2) is 0 Å². The molecule has 1 saturated heterocycles. The van der Waals surface area contributed by atoms with Gasteiger partial charge in [-0.3, -0.25) is 19.4 Å². The third kappa shape index (κ3) is 6.21. The summed E-state index contributed by atoms with van der Waals surface area (Å²) in [5, 5.41) is 0. The largest absolute Gasteiger partial charge is 0.476 e. The number of esters is 3. The number of nitrogens with zero attached hydrogens (tertiary/aromatic N) is 1. The first kappa shape index (κ1) is 22.6. The molecule has 0 spiro atoms. The number of thioether (sulfide) groups is 1. The van der Waals surface area contributed by atoms with Crippen molar-refractivity contribution in [3.05, 3.63) is 48.8 Å². The van der Waals surface area contributed by atoms with Gasteiger partial charge in [0.05, 0.1) is 0 Å². The second kappa shape index (κ2) is 10.3. The van der Waals surface area contributed by atoms with Gasteiger partial charge in [-0.2, -0.15) is 0 Å². The molecule has 0 saturated carbocycles. The van der Waals surface area contributed by atoms with Crippen molar-refractivity contribution in [2.24, 2.45) is 0 Å². The minimum atomic E-state index is -0.979. The van der Waals surface area contributed by atoms with Crippen LogP contribution >= 0.6 is 11.8 Å². The second-order valence-electron chi connectivity index (χ2n) is 6.88. The fraction of sp³-hybridized carbons (Fsp3) is 0.364. The van der Waals surface area contributed by atoms with Gasteiger partial charge in [0.15, 0.2) is 23.7 Å². The van der Waals surface area contributed by atoms with Crippen LogP contribution in [0.5, 0.6) is 5.75 Å². The molecule has 1 fully saturated rings. The van der Waals surface area contributed by atoms with E-state index in [1.165, 1.54) is 32.5 Å². The molecule has 2 aromatic rings. The SMILES string of the molecule is CC(=O)O[C@@H]1[C@@H](OC(C)=O)[C@@H](Oc2ccc(-c3ccncc3)cc2)SC[C@H]1OC(C)=O. The quantitative estimate of drug-likeness (QED) is 0.490. The van der Waals surface area contributed by atoms with Crippen LogP contribution in [-0.2, 0) is 28.6 Å². The first-order chi connectivity index (χ1) is 14.8. The lowest BCUT2D eigenvalue weighted by molar-refractivity contribution is -0.186. The molecule has 0 amide bonds. The van der Waals surface area contributed by atoms with Crippen molar-refractivity contribution >= 4 is 29.7 Å². The molecule has 2 heterocycles. The standard InChI is InChI=1S/C22H23NO7S/c1-13(24)27-19-12-31-22(21(29-15(3)26)20(19)28-14(2)25)30-18-6-4-16(5-7-18)17-8-10-23-11-9-17/h4-11,19-22H,12H2,1-3H3/t19-,20+,21-,22+/m1/s1. The summed E-state index contributed by atoms with van der Waals surface area (Å²) >= 11 is 1.31. The first-order valence-electron chi connectivity index (χ1n) is 9.64. The van der Waals surface area contributed by atoms with Crippen molar-refractivity contribution < 1.29 is 33.3 Å². The van der Waals surface area contributed by atoms with Crippen molar-refractivity contribution in [1.29, 1.82) is 0 Å². The number of pyridine rings is 1. The highest BCUT2D eigenvalue weighted by molar-refractivity contribution is 7.99. The number of benzene rings is 1. The van der Waals surface area contributed by atoms with Gasteiger partial charge in [-0.05, 0) is 35.4 Å². The maximum Gasteiger partial charge on any atom is 0.303 e. The molecular formula is C22H23NO7S. The smallest absolute Gasteiger partial charge is 0.303 e. The van der Waals surface area contributed by atoms with Gasteiger partial charge in [0, 0.05) is 38.9 Å². The summed E-state index contributed by atoms with van der Waals surface area (Å²) in [4.78, 5) is 38.9. The third-order valence-electron chi connectivity index (χ3n) is 4.42. The molecule has 31 heavy (non-hydrogen) atoms. The van der Waals surface area contributed by atoms with Gasteiger partial charge in [0.1, 0.15) is 5.75 Å². The monoisotopic (exact) mass is 445 g/mol. The Morgan fingerprint density at radius 2 is 1.35 bits per heavy atom. The van der Waals surface area contributed by atoms with E-state index in [0.29, 0.717) is 11.5 Å². The fourth-order valence-corrected chi connectivity index (χ4v) is 4.43. The van der Waals surface area contributed by atoms with Crippen molar-refractivity contribution in [2.75, 3.05) is 5.75 Å². The van der Waals surface area contributed by atoms with Crippen molar-refractivity contribution in [2.45, 2.75) is 44.5 Å². The van der Waals surface area contributed by atoms with Gasteiger partial charge in [-0.15, -0.1) is 11.8 Å². The molecule has 4 atom stereocenters. The highest BCUT2D eigenvalue weighted by atomic mass is 32.2. The van der Waals surface area contributed by atoms with Crippen LogP contribution in [0, 0.1) is 0 Å². The van der Waals surface area contributed by atoms with Crippen LogP contribution in [0.2, 0.25) is 0 Å². The Morgan fingerprint density at radius 1 is 0.806 bits per heavy atom. The van der Waals surface area contributed by atoms with E-state index in [4.69, 9.17) is 18.9 Å². The van der Waals surface area contributed by atoms with E-state index in [2.05, 4.69) is 4.98 Å². The summed E-state index contributed by atoms with van der Waals surface area (Å²) in [5.41, 5.74) is 1.35. The van der Waals surface area contributed by atoms with E-state index in [0.717, 1.165) is 11.1 Å². The van der Waals surface area contributed by atoms with Crippen molar-refractivity contribution in [1.82, 2.24) is 4.98 Å². The highest BCUT2D eigenvalue weighted by Crippen LogP contribution is 2.34. The Labute approximate surface area is 184 Å². The molecule has 1 aromatic heterocycles. The lowest BCUT2D eigenvalue weighted by Crippen LogP contribution is -2.55. The van der Waals surface area contributed by atoms with E-state index < -0.39 is 41.7 Å². The maximum absolute atomic E-state index is 11.7. The predicted molar refractivity (Wildman–Crippen MR) is 113 cm³/mol. The highest BCUT2D eigenvalue weighted by Gasteiger charge is 2.47. The number of rotatable bonds is 6. The number of aromatic nitrogens is 1. The Hall–Kier alpha value is -3.07. The molecule has 3 rings (SSSR count). The molecule has 0 aliphatic carbocycles. The second-order valence-corrected chi connectivity index (χ2v) is 8.01. The summed E-state index contributed by atoms with van der Waals surface area (Å²) in [6.07, 6.45) is 0.745. The van der Waals surface area contributed by atoms with E-state index in [-0.39, 0.29) is 0 Å². The Kier molecular flexibility index (Phi) is 7.51. The zero-order chi connectivity index (χ0) is 22.4. The van der Waals surface area contributed by atoms with E-state index >= 15 is 0 Å². The summed E-state index contributed by atoms with van der Waals surface area (Å²) in [7, 11) is 0. The lowest BCUT2D eigenvalue weighted by atomic mass is 10.1. The van der Waals surface area contributed by atoms with Gasteiger partial charge in [0.25, 0.3) is 0 Å². The van der Waals surface area contributed by atoms with Crippen molar-refractivity contribution in [3.63, 3.8) is 0 Å². The summed E-state index contributed by atoms with van der Waals surface area (Å²) in [6.45, 7) is 3.76. The Bertz CT molecular complexity index is 919. The molecule has 1 aromatic carbocycles. The number of hydrogen-bond acceptors (Lipinski definition) is 9. The minimum absolute atomic E-state index is 0.315. The van der Waals surface area contributed by atoms with Gasteiger partial charge in [0.2, 0.25) is 0 Å². The van der Waals surface area contributed by atoms with Crippen LogP contribution in [0.4, 0.5) is 0 Å². The molecule has 9 heteroatoms. The number of ether oxygens (including phenoxy) is 4. The zero-order valence-corrected chi connectivity index (χ0v) is 18.2. The fourth-order valence-electron chi connectivity index (χ4n) is 3.21. The molecule has 1 aliphatic rings.